The number of aryl methyl sites for hydroxylation is 1. The summed E-state index contributed by atoms with van der Waals surface area (Å²) in [5, 5.41) is 12.8. The lowest BCUT2D eigenvalue weighted by atomic mass is 9.88. The first kappa shape index (κ1) is 27.6. The third kappa shape index (κ3) is 6.35. The molecule has 2 amide bonds. The van der Waals surface area contributed by atoms with E-state index < -0.39 is 23.5 Å². The first-order valence-electron chi connectivity index (χ1n) is 12.6. The number of alkyl halides is 3. The van der Waals surface area contributed by atoms with Crippen molar-refractivity contribution in [3.63, 3.8) is 0 Å². The van der Waals surface area contributed by atoms with E-state index in [1.54, 1.807) is 18.7 Å². The Morgan fingerprint density at radius 1 is 1.08 bits per heavy atom. The van der Waals surface area contributed by atoms with Crippen molar-refractivity contribution in [3.8, 4) is 0 Å². The molecule has 3 aromatic rings. The summed E-state index contributed by atoms with van der Waals surface area (Å²) in [6, 6.07) is 11.7. The minimum Gasteiger partial charge on any atom is -0.390 e. The number of nitrogens with one attached hydrogen (secondary N) is 1. The average molecular weight is 534 g/mol. The predicted molar refractivity (Wildman–Crippen MR) is 135 cm³/mol. The van der Waals surface area contributed by atoms with Gasteiger partial charge in [-0.05, 0) is 62.3 Å². The molecule has 4 rings (SSSR count). The van der Waals surface area contributed by atoms with E-state index in [0.717, 1.165) is 10.9 Å². The van der Waals surface area contributed by atoms with E-state index in [9.17, 15) is 32.3 Å². The highest BCUT2D eigenvalue weighted by Crippen LogP contribution is 2.32. The maximum atomic E-state index is 14.6. The highest BCUT2D eigenvalue weighted by Gasteiger charge is 2.38. The SMILES string of the molecule is CC(C)(O)CCn1cc(C(=O)N2CCC(c3cc(CNC(=O)C(F)(F)F)ccc3F)CC2)c2ccccc21. The van der Waals surface area contributed by atoms with Crippen molar-refractivity contribution in [2.24, 2.45) is 0 Å². The largest absolute Gasteiger partial charge is 0.471 e. The normalized spacial score (nSPS) is 15.2. The van der Waals surface area contributed by atoms with E-state index in [0.29, 0.717) is 55.6 Å². The van der Waals surface area contributed by atoms with Crippen LogP contribution in [0, 0.1) is 5.82 Å². The van der Waals surface area contributed by atoms with E-state index in [4.69, 9.17) is 0 Å². The summed E-state index contributed by atoms with van der Waals surface area (Å²) in [4.78, 5) is 26.3. The van der Waals surface area contributed by atoms with Crippen LogP contribution in [0.1, 0.15) is 60.5 Å². The first-order valence-corrected chi connectivity index (χ1v) is 12.6. The minimum absolute atomic E-state index is 0.120. The number of amides is 2. The molecular formula is C28H31F4N3O3. The smallest absolute Gasteiger partial charge is 0.390 e. The van der Waals surface area contributed by atoms with Gasteiger partial charge in [0.15, 0.2) is 0 Å². The molecule has 2 heterocycles. The second-order valence-electron chi connectivity index (χ2n) is 10.4. The van der Waals surface area contributed by atoms with E-state index in [2.05, 4.69) is 0 Å². The molecule has 6 nitrogen and oxygen atoms in total. The van der Waals surface area contributed by atoms with Gasteiger partial charge in [-0.3, -0.25) is 9.59 Å². The Balaban J connectivity index is 1.44. The maximum absolute atomic E-state index is 14.6. The van der Waals surface area contributed by atoms with Gasteiger partial charge >= 0.3 is 12.1 Å². The van der Waals surface area contributed by atoms with Crippen molar-refractivity contribution in [2.45, 2.75) is 63.9 Å². The number of aromatic nitrogens is 1. The van der Waals surface area contributed by atoms with Crippen molar-refractivity contribution in [1.29, 1.82) is 0 Å². The Kier molecular flexibility index (Phi) is 7.83. The highest BCUT2D eigenvalue weighted by atomic mass is 19.4. The van der Waals surface area contributed by atoms with Gasteiger partial charge in [-0.25, -0.2) is 4.39 Å². The zero-order valence-corrected chi connectivity index (χ0v) is 21.3. The van der Waals surface area contributed by atoms with Gasteiger partial charge in [0.25, 0.3) is 5.91 Å². The number of carbonyl (C=O) groups is 2. The summed E-state index contributed by atoms with van der Waals surface area (Å²) < 4.78 is 54.0. The molecular weight excluding hydrogens is 502 g/mol. The first-order chi connectivity index (χ1) is 17.8. The van der Waals surface area contributed by atoms with Gasteiger partial charge in [0.2, 0.25) is 0 Å². The summed E-state index contributed by atoms with van der Waals surface area (Å²) in [6.45, 7) is 4.49. The van der Waals surface area contributed by atoms with E-state index in [1.807, 2.05) is 40.3 Å². The third-order valence-corrected chi connectivity index (χ3v) is 6.98. The second kappa shape index (κ2) is 10.8. The van der Waals surface area contributed by atoms with E-state index in [1.165, 1.54) is 18.2 Å². The molecule has 1 saturated heterocycles. The predicted octanol–water partition coefficient (Wildman–Crippen LogP) is 5.14. The molecule has 0 atom stereocenters. The molecule has 1 aliphatic rings. The monoisotopic (exact) mass is 533 g/mol. The Bertz CT molecular complexity index is 1320. The van der Waals surface area contributed by atoms with Gasteiger partial charge < -0.3 is 19.9 Å². The van der Waals surface area contributed by atoms with Crippen molar-refractivity contribution >= 4 is 22.7 Å². The Morgan fingerprint density at radius 2 is 1.76 bits per heavy atom. The molecule has 0 radical (unpaired) electrons. The van der Waals surface area contributed by atoms with Crippen LogP contribution in [0.5, 0.6) is 0 Å². The van der Waals surface area contributed by atoms with E-state index in [-0.39, 0.29) is 18.4 Å². The summed E-state index contributed by atoms with van der Waals surface area (Å²) in [6.07, 6.45) is -1.64. The Hall–Kier alpha value is -3.40. The van der Waals surface area contributed by atoms with Gasteiger partial charge in [0, 0.05) is 43.3 Å². The molecule has 10 heteroatoms. The lowest BCUT2D eigenvalue weighted by molar-refractivity contribution is -0.173. The van der Waals surface area contributed by atoms with Gasteiger partial charge in [-0.1, -0.05) is 30.3 Å². The number of piperidine rings is 1. The molecule has 1 aliphatic heterocycles. The summed E-state index contributed by atoms with van der Waals surface area (Å²) >= 11 is 0. The standard InChI is InChI=1S/C28H31F4N3O3/c1-27(2,38)11-14-35-17-22(20-5-3-4-6-24(20)35)25(36)34-12-9-19(10-13-34)21-15-18(7-8-23(21)29)16-33-26(37)28(30,31)32/h3-8,15,17,19,38H,9-14,16H2,1-2H3,(H,33,37). The number of hydrogen-bond acceptors (Lipinski definition) is 3. The number of fused-ring (bicyclic) bond motifs is 1. The number of likely N-dealkylation sites (tertiary alicyclic amines) is 1. The molecule has 1 fully saturated rings. The maximum Gasteiger partial charge on any atom is 0.471 e. The minimum atomic E-state index is -4.98. The molecule has 0 spiro atoms. The van der Waals surface area contributed by atoms with Gasteiger partial charge in [-0.2, -0.15) is 13.2 Å². The van der Waals surface area contributed by atoms with Gasteiger partial charge in [-0.15, -0.1) is 0 Å². The molecule has 2 N–H and O–H groups in total. The van der Waals surface area contributed by atoms with Crippen LogP contribution in [0.3, 0.4) is 0 Å². The van der Waals surface area contributed by atoms with Crippen LogP contribution in [0.15, 0.2) is 48.7 Å². The number of nitrogens with zero attached hydrogens (tertiary/aromatic N) is 2. The molecule has 0 unspecified atom stereocenters. The van der Waals surface area contributed by atoms with Crippen molar-refractivity contribution in [1.82, 2.24) is 14.8 Å². The lowest BCUT2D eigenvalue weighted by Crippen LogP contribution is -2.38. The number of halogens is 4. The fraction of sp³-hybridized carbons (Fsp3) is 0.429. The van der Waals surface area contributed by atoms with Crippen LogP contribution in [-0.4, -0.2) is 51.3 Å². The summed E-state index contributed by atoms with van der Waals surface area (Å²) in [5.41, 5.74) is 1.39. The lowest BCUT2D eigenvalue weighted by Gasteiger charge is -2.32. The summed E-state index contributed by atoms with van der Waals surface area (Å²) in [5.74, 6) is -2.83. The van der Waals surface area contributed by atoms with Crippen LogP contribution in [-0.2, 0) is 17.9 Å². The quantitative estimate of drug-likeness (QED) is 0.413. The van der Waals surface area contributed by atoms with Crippen LogP contribution < -0.4 is 5.32 Å². The zero-order valence-electron chi connectivity index (χ0n) is 21.3. The van der Waals surface area contributed by atoms with Crippen LogP contribution in [0.2, 0.25) is 0 Å². The third-order valence-electron chi connectivity index (χ3n) is 6.98. The molecule has 0 saturated carbocycles. The number of hydrogen-bond donors (Lipinski definition) is 2. The summed E-state index contributed by atoms with van der Waals surface area (Å²) in [7, 11) is 0. The topological polar surface area (TPSA) is 74.6 Å². The molecule has 0 aliphatic carbocycles. The van der Waals surface area contributed by atoms with Gasteiger partial charge in [0.05, 0.1) is 11.2 Å². The highest BCUT2D eigenvalue weighted by molar-refractivity contribution is 6.07. The van der Waals surface area contributed by atoms with Crippen LogP contribution in [0.4, 0.5) is 17.6 Å². The van der Waals surface area contributed by atoms with Crippen molar-refractivity contribution in [2.75, 3.05) is 13.1 Å². The van der Waals surface area contributed by atoms with Crippen molar-refractivity contribution < 1.29 is 32.3 Å². The van der Waals surface area contributed by atoms with E-state index >= 15 is 0 Å². The Labute approximate surface area is 218 Å². The molecule has 2 aromatic carbocycles. The molecule has 0 bridgehead atoms. The number of para-hydroxylation sites is 1. The molecule has 38 heavy (non-hydrogen) atoms. The second-order valence-corrected chi connectivity index (χ2v) is 10.4. The number of benzene rings is 2. The Morgan fingerprint density at radius 3 is 2.42 bits per heavy atom. The number of aliphatic hydroxyl groups is 1. The fourth-order valence-corrected chi connectivity index (χ4v) is 4.86. The zero-order chi connectivity index (χ0) is 27.7. The van der Waals surface area contributed by atoms with Crippen molar-refractivity contribution in [3.05, 3.63) is 71.2 Å². The van der Waals surface area contributed by atoms with Crippen LogP contribution >= 0.6 is 0 Å². The fourth-order valence-electron chi connectivity index (χ4n) is 4.86. The molecule has 204 valence electrons. The molecule has 1 aromatic heterocycles. The van der Waals surface area contributed by atoms with Gasteiger partial charge in [0.1, 0.15) is 5.82 Å². The number of rotatable bonds is 7. The van der Waals surface area contributed by atoms with Crippen LogP contribution in [0.25, 0.3) is 10.9 Å². The number of carbonyl (C=O) groups excluding carboxylic acids is 2. The average Bonchev–Trinajstić information content (AvgIpc) is 3.24.